The number of hydrogen-bond acceptors (Lipinski definition) is 3. The van der Waals surface area contributed by atoms with Crippen molar-refractivity contribution < 1.29 is 10.2 Å². The predicted molar refractivity (Wildman–Crippen MR) is 79.4 cm³/mol. The fourth-order valence-electron chi connectivity index (χ4n) is 2.13. The van der Waals surface area contributed by atoms with Crippen LogP contribution in [0.1, 0.15) is 31.2 Å². The summed E-state index contributed by atoms with van der Waals surface area (Å²) in [4.78, 5) is 4.51. The molecule has 1 aromatic carbocycles. The van der Waals surface area contributed by atoms with Crippen molar-refractivity contribution in [2.45, 2.75) is 37.8 Å². The summed E-state index contributed by atoms with van der Waals surface area (Å²) in [6.45, 7) is 0. The Balaban J connectivity index is 2.09. The van der Waals surface area contributed by atoms with Gasteiger partial charge in [-0.25, -0.2) is 0 Å². The van der Waals surface area contributed by atoms with Crippen LogP contribution in [0, 0.1) is 0 Å². The minimum atomic E-state index is -0.209. The Labute approximate surface area is 123 Å². The van der Waals surface area contributed by atoms with E-state index in [4.69, 9.17) is 0 Å². The lowest BCUT2D eigenvalue weighted by Crippen LogP contribution is -2.22. The molecule has 0 bridgehead atoms. The van der Waals surface area contributed by atoms with Gasteiger partial charge >= 0.3 is 0 Å². The topological polar surface area (TPSA) is 52.8 Å². The van der Waals surface area contributed by atoms with Crippen LogP contribution >= 0.6 is 31.9 Å². The zero-order valence-corrected chi connectivity index (χ0v) is 13.0. The molecule has 0 spiro atoms. The first-order chi connectivity index (χ1) is 8.56. The highest BCUT2D eigenvalue weighted by atomic mass is 79.9. The van der Waals surface area contributed by atoms with Gasteiger partial charge in [0.05, 0.1) is 21.1 Å². The van der Waals surface area contributed by atoms with Crippen LogP contribution in [0.4, 0.5) is 0 Å². The molecule has 1 aromatic rings. The lowest BCUT2D eigenvalue weighted by atomic mass is 9.93. The van der Waals surface area contributed by atoms with Gasteiger partial charge in [0.1, 0.15) is 5.75 Å². The molecule has 0 aliphatic heterocycles. The summed E-state index contributed by atoms with van der Waals surface area (Å²) in [5.74, 6) is 0.195. The first kappa shape index (κ1) is 14.0. The fraction of sp³-hybridized carbons (Fsp3) is 0.462. The summed E-state index contributed by atoms with van der Waals surface area (Å²) >= 11 is 6.58. The van der Waals surface area contributed by atoms with Gasteiger partial charge in [0.2, 0.25) is 0 Å². The van der Waals surface area contributed by atoms with E-state index in [0.717, 1.165) is 31.2 Å². The number of hydrogen-bond donors (Lipinski definition) is 2. The van der Waals surface area contributed by atoms with Crippen LogP contribution in [-0.4, -0.2) is 28.6 Å². The largest absolute Gasteiger partial charge is 0.506 e. The van der Waals surface area contributed by atoms with Gasteiger partial charge in [0, 0.05) is 6.21 Å². The average molecular weight is 377 g/mol. The second-order valence-corrected chi connectivity index (χ2v) is 6.29. The third kappa shape index (κ3) is 3.56. The van der Waals surface area contributed by atoms with E-state index < -0.39 is 0 Å². The molecule has 0 radical (unpaired) electrons. The van der Waals surface area contributed by atoms with Crippen molar-refractivity contribution >= 4 is 38.1 Å². The molecule has 1 fully saturated rings. The van der Waals surface area contributed by atoms with E-state index >= 15 is 0 Å². The maximum atomic E-state index is 9.61. The Hall–Kier alpha value is -0.390. The SMILES string of the molecule is Oc1c(Br)cc(C=NC2CCCC(O)C2)cc1Br. The van der Waals surface area contributed by atoms with Gasteiger partial charge in [0.15, 0.2) is 0 Å². The number of aromatic hydroxyl groups is 1. The Morgan fingerprint density at radius 1 is 1.22 bits per heavy atom. The smallest absolute Gasteiger partial charge is 0.143 e. The summed E-state index contributed by atoms with van der Waals surface area (Å²) in [6.07, 6.45) is 5.30. The summed E-state index contributed by atoms with van der Waals surface area (Å²) in [5, 5.41) is 19.2. The van der Waals surface area contributed by atoms with Crippen LogP contribution in [-0.2, 0) is 0 Å². The second kappa shape index (κ2) is 6.17. The summed E-state index contributed by atoms with van der Waals surface area (Å²) < 4.78 is 1.28. The normalized spacial score (nSPS) is 24.6. The molecule has 5 heteroatoms. The van der Waals surface area contributed by atoms with Crippen molar-refractivity contribution in [3.05, 3.63) is 26.6 Å². The van der Waals surface area contributed by atoms with Crippen molar-refractivity contribution in [3.8, 4) is 5.75 Å². The Kier molecular flexibility index (Phi) is 4.81. The minimum absolute atomic E-state index is 0.195. The Morgan fingerprint density at radius 3 is 2.50 bits per heavy atom. The van der Waals surface area contributed by atoms with E-state index in [0.29, 0.717) is 8.95 Å². The number of benzene rings is 1. The first-order valence-electron chi connectivity index (χ1n) is 5.95. The predicted octanol–water partition coefficient (Wildman–Crippen LogP) is 3.64. The monoisotopic (exact) mass is 375 g/mol. The molecule has 0 saturated heterocycles. The molecular formula is C13H15Br2NO2. The molecule has 2 N–H and O–H groups in total. The lowest BCUT2D eigenvalue weighted by Gasteiger charge is -2.22. The summed E-state index contributed by atoms with van der Waals surface area (Å²) in [6, 6.07) is 3.85. The molecule has 3 nitrogen and oxygen atoms in total. The second-order valence-electron chi connectivity index (χ2n) is 4.59. The highest BCUT2D eigenvalue weighted by molar-refractivity contribution is 9.11. The zero-order chi connectivity index (χ0) is 13.1. The number of phenolic OH excluding ortho intramolecular Hbond substituents is 1. The van der Waals surface area contributed by atoms with E-state index in [1.54, 1.807) is 6.21 Å². The molecule has 0 heterocycles. The molecular weight excluding hydrogens is 362 g/mol. The first-order valence-corrected chi connectivity index (χ1v) is 7.54. The van der Waals surface area contributed by atoms with Gasteiger partial charge < -0.3 is 10.2 Å². The maximum Gasteiger partial charge on any atom is 0.143 e. The lowest BCUT2D eigenvalue weighted by molar-refractivity contribution is 0.121. The van der Waals surface area contributed by atoms with Gasteiger partial charge in [-0.05, 0) is 75.2 Å². The van der Waals surface area contributed by atoms with E-state index in [-0.39, 0.29) is 17.9 Å². The number of nitrogens with zero attached hydrogens (tertiary/aromatic N) is 1. The zero-order valence-electron chi connectivity index (χ0n) is 9.81. The molecule has 0 amide bonds. The van der Waals surface area contributed by atoms with E-state index in [1.165, 1.54) is 0 Å². The Bertz CT molecular complexity index is 439. The van der Waals surface area contributed by atoms with Gasteiger partial charge in [-0.2, -0.15) is 0 Å². The summed E-state index contributed by atoms with van der Waals surface area (Å²) in [7, 11) is 0. The third-order valence-electron chi connectivity index (χ3n) is 3.09. The van der Waals surface area contributed by atoms with Crippen LogP contribution in [0.5, 0.6) is 5.75 Å². The highest BCUT2D eigenvalue weighted by Gasteiger charge is 2.18. The number of phenols is 1. The minimum Gasteiger partial charge on any atom is -0.506 e. The standard InChI is InChI=1S/C13H15Br2NO2/c14-11-4-8(5-12(15)13(11)18)7-16-9-2-1-3-10(17)6-9/h4-5,7,9-10,17-18H,1-3,6H2. The molecule has 1 aliphatic carbocycles. The molecule has 18 heavy (non-hydrogen) atoms. The number of halogens is 2. The molecule has 2 rings (SSSR count). The van der Waals surface area contributed by atoms with Crippen molar-refractivity contribution in [1.29, 1.82) is 0 Å². The molecule has 2 atom stereocenters. The van der Waals surface area contributed by atoms with E-state index in [9.17, 15) is 10.2 Å². The number of rotatable bonds is 2. The van der Waals surface area contributed by atoms with Crippen molar-refractivity contribution in [3.63, 3.8) is 0 Å². The van der Waals surface area contributed by atoms with Crippen LogP contribution < -0.4 is 0 Å². The Morgan fingerprint density at radius 2 is 1.89 bits per heavy atom. The average Bonchev–Trinajstić information content (AvgIpc) is 2.33. The van der Waals surface area contributed by atoms with Crippen molar-refractivity contribution in [2.24, 2.45) is 4.99 Å². The fourth-order valence-corrected chi connectivity index (χ4v) is 3.35. The van der Waals surface area contributed by atoms with Gasteiger partial charge in [-0.3, -0.25) is 4.99 Å². The number of aliphatic hydroxyl groups excluding tert-OH is 1. The molecule has 98 valence electrons. The third-order valence-corrected chi connectivity index (χ3v) is 4.30. The maximum absolute atomic E-state index is 9.61. The quantitative estimate of drug-likeness (QED) is 0.774. The van der Waals surface area contributed by atoms with Gasteiger partial charge in [-0.15, -0.1) is 0 Å². The highest BCUT2D eigenvalue weighted by Crippen LogP contribution is 2.33. The van der Waals surface area contributed by atoms with Crippen LogP contribution in [0.3, 0.4) is 0 Å². The van der Waals surface area contributed by atoms with E-state index in [1.807, 2.05) is 12.1 Å². The van der Waals surface area contributed by atoms with Gasteiger partial charge in [-0.1, -0.05) is 0 Å². The van der Waals surface area contributed by atoms with Crippen molar-refractivity contribution in [1.82, 2.24) is 0 Å². The molecule has 1 aliphatic rings. The summed E-state index contributed by atoms with van der Waals surface area (Å²) in [5.41, 5.74) is 0.923. The van der Waals surface area contributed by atoms with Crippen LogP contribution in [0.25, 0.3) is 0 Å². The molecule has 0 aromatic heterocycles. The molecule has 2 unspecified atom stereocenters. The van der Waals surface area contributed by atoms with Crippen molar-refractivity contribution in [2.75, 3.05) is 0 Å². The van der Waals surface area contributed by atoms with Crippen LogP contribution in [0.15, 0.2) is 26.1 Å². The number of aliphatic imine (C=N–C) groups is 1. The van der Waals surface area contributed by atoms with E-state index in [2.05, 4.69) is 36.9 Å². The number of aliphatic hydroxyl groups is 1. The van der Waals surface area contributed by atoms with Gasteiger partial charge in [0.25, 0.3) is 0 Å². The van der Waals surface area contributed by atoms with Crippen LogP contribution in [0.2, 0.25) is 0 Å². The molecule has 1 saturated carbocycles.